The number of nitrogens with two attached hydrogens (primary N) is 1. The number of nitrogen functional groups attached to an aromatic ring is 1. The van der Waals surface area contributed by atoms with Gasteiger partial charge in [-0.2, -0.15) is 5.10 Å². The zero-order valence-corrected chi connectivity index (χ0v) is 18.3. The zero-order valence-electron chi connectivity index (χ0n) is 18.3. The second kappa shape index (κ2) is 8.34. The van der Waals surface area contributed by atoms with Crippen molar-refractivity contribution >= 4 is 28.2 Å². The Balaban J connectivity index is 1.51. The van der Waals surface area contributed by atoms with Gasteiger partial charge in [0.2, 0.25) is 0 Å². The molecular weight excluding hydrogens is 419 g/mol. The van der Waals surface area contributed by atoms with Crippen LogP contribution in [0.15, 0.2) is 61.4 Å². The number of nitrogens with one attached hydrogen (secondary N) is 1. The molecule has 0 fully saturated rings. The topological polar surface area (TPSA) is 102 Å². The molecule has 166 valence electrons. The second-order valence-electron chi connectivity index (χ2n) is 7.90. The van der Waals surface area contributed by atoms with Crippen LogP contribution in [-0.4, -0.2) is 36.3 Å². The van der Waals surface area contributed by atoms with Crippen molar-refractivity contribution in [3.05, 3.63) is 84.1 Å². The molecule has 0 radical (unpaired) electrons. The predicted octanol–water partition coefficient (Wildman–Crippen LogP) is 4.26. The molecule has 0 aliphatic rings. The Morgan fingerprint density at radius 2 is 1.88 bits per heavy atom. The quantitative estimate of drug-likeness (QED) is 0.408. The standard InChI is InChI=1S/C24H23FN8/c1-15-3-8-20(25)24-23(15)19(16(2)31-24)9-10-32(22-11-21(26)28-13-29-22)17-4-6-18(7-5-17)33-14-27-12-30-33/h3-8,11-14,31H,9-10H2,1-2H3,(H2,26,28,29). The number of H-pyrrole nitrogens is 1. The van der Waals surface area contributed by atoms with E-state index in [2.05, 4.69) is 29.9 Å². The first-order chi connectivity index (χ1) is 16.0. The number of rotatable bonds is 6. The van der Waals surface area contributed by atoms with Crippen molar-refractivity contribution in [1.29, 1.82) is 0 Å². The molecule has 8 nitrogen and oxygen atoms in total. The molecule has 2 aromatic carbocycles. The third-order valence-electron chi connectivity index (χ3n) is 5.81. The van der Waals surface area contributed by atoms with Gasteiger partial charge >= 0.3 is 0 Å². The third kappa shape index (κ3) is 3.89. The fourth-order valence-electron chi connectivity index (χ4n) is 4.19. The second-order valence-corrected chi connectivity index (χ2v) is 7.90. The summed E-state index contributed by atoms with van der Waals surface area (Å²) in [5, 5.41) is 5.12. The van der Waals surface area contributed by atoms with Gasteiger partial charge in [-0.15, -0.1) is 0 Å². The lowest BCUT2D eigenvalue weighted by Gasteiger charge is -2.24. The van der Waals surface area contributed by atoms with E-state index in [0.717, 1.165) is 33.6 Å². The molecule has 5 rings (SSSR count). The summed E-state index contributed by atoms with van der Waals surface area (Å²) in [7, 11) is 0. The third-order valence-corrected chi connectivity index (χ3v) is 5.81. The molecule has 0 spiro atoms. The van der Waals surface area contributed by atoms with E-state index >= 15 is 0 Å². The molecule has 0 bridgehead atoms. The van der Waals surface area contributed by atoms with Gasteiger partial charge < -0.3 is 15.6 Å². The van der Waals surface area contributed by atoms with Gasteiger partial charge in [0.15, 0.2) is 0 Å². The van der Waals surface area contributed by atoms with Crippen molar-refractivity contribution in [1.82, 2.24) is 29.7 Å². The normalized spacial score (nSPS) is 11.2. The number of anilines is 3. The van der Waals surface area contributed by atoms with Crippen molar-refractivity contribution in [3.8, 4) is 5.69 Å². The van der Waals surface area contributed by atoms with E-state index in [-0.39, 0.29) is 5.82 Å². The Morgan fingerprint density at radius 3 is 2.61 bits per heavy atom. The molecule has 0 aliphatic heterocycles. The van der Waals surface area contributed by atoms with Gasteiger partial charge in [-0.05, 0) is 61.7 Å². The molecule has 3 heterocycles. The molecule has 3 N–H and O–H groups in total. The van der Waals surface area contributed by atoms with Crippen molar-refractivity contribution < 1.29 is 4.39 Å². The van der Waals surface area contributed by atoms with Crippen LogP contribution in [0.25, 0.3) is 16.6 Å². The molecule has 0 atom stereocenters. The molecule has 0 amide bonds. The number of fused-ring (bicyclic) bond motifs is 1. The summed E-state index contributed by atoms with van der Waals surface area (Å²) in [4.78, 5) is 17.8. The van der Waals surface area contributed by atoms with Crippen molar-refractivity contribution in [2.24, 2.45) is 0 Å². The van der Waals surface area contributed by atoms with Crippen LogP contribution in [0.5, 0.6) is 0 Å². The van der Waals surface area contributed by atoms with Crippen LogP contribution in [0, 0.1) is 19.7 Å². The van der Waals surface area contributed by atoms with Crippen LogP contribution in [0.4, 0.5) is 21.7 Å². The average molecular weight is 443 g/mol. The van der Waals surface area contributed by atoms with Crippen LogP contribution in [-0.2, 0) is 6.42 Å². The molecule has 0 saturated carbocycles. The van der Waals surface area contributed by atoms with Gasteiger partial charge in [-0.1, -0.05) is 6.07 Å². The first-order valence-corrected chi connectivity index (χ1v) is 10.6. The van der Waals surface area contributed by atoms with Crippen LogP contribution in [0.1, 0.15) is 16.8 Å². The molecule has 0 aliphatic carbocycles. The van der Waals surface area contributed by atoms with E-state index in [1.54, 1.807) is 17.1 Å². The SMILES string of the molecule is Cc1[nH]c2c(F)ccc(C)c2c1CCN(c1ccc(-n2cncn2)cc1)c1cc(N)ncn1. The number of aromatic amines is 1. The monoisotopic (exact) mass is 442 g/mol. The lowest BCUT2D eigenvalue weighted by atomic mass is 10.0. The van der Waals surface area contributed by atoms with E-state index in [4.69, 9.17) is 5.73 Å². The van der Waals surface area contributed by atoms with Crippen LogP contribution in [0.3, 0.4) is 0 Å². The first-order valence-electron chi connectivity index (χ1n) is 10.6. The number of aryl methyl sites for hydroxylation is 2. The summed E-state index contributed by atoms with van der Waals surface area (Å²) < 4.78 is 16.1. The molecule has 5 aromatic rings. The summed E-state index contributed by atoms with van der Waals surface area (Å²) in [5.41, 5.74) is 11.4. The lowest BCUT2D eigenvalue weighted by molar-refractivity contribution is 0.637. The molecular formula is C24H23FN8. The van der Waals surface area contributed by atoms with E-state index in [0.29, 0.717) is 30.1 Å². The van der Waals surface area contributed by atoms with Gasteiger partial charge in [0, 0.05) is 29.4 Å². The van der Waals surface area contributed by atoms with Gasteiger partial charge in [-0.3, -0.25) is 0 Å². The highest BCUT2D eigenvalue weighted by atomic mass is 19.1. The molecule has 0 saturated heterocycles. The molecule has 9 heteroatoms. The number of aromatic nitrogens is 6. The van der Waals surface area contributed by atoms with E-state index in [1.807, 2.05) is 44.2 Å². The largest absolute Gasteiger partial charge is 0.384 e. The number of benzene rings is 2. The van der Waals surface area contributed by atoms with E-state index in [1.165, 1.54) is 18.7 Å². The Hall–Kier alpha value is -4.27. The minimum absolute atomic E-state index is 0.242. The maximum Gasteiger partial charge on any atom is 0.147 e. The number of hydrogen-bond acceptors (Lipinski definition) is 6. The number of halogens is 1. The van der Waals surface area contributed by atoms with Crippen molar-refractivity contribution in [3.63, 3.8) is 0 Å². The number of nitrogens with zero attached hydrogens (tertiary/aromatic N) is 6. The summed E-state index contributed by atoms with van der Waals surface area (Å²) in [6.07, 6.45) is 5.29. The van der Waals surface area contributed by atoms with Crippen LogP contribution >= 0.6 is 0 Å². The summed E-state index contributed by atoms with van der Waals surface area (Å²) in [6, 6.07) is 13.0. The highest BCUT2D eigenvalue weighted by Crippen LogP contribution is 2.30. The fourth-order valence-corrected chi connectivity index (χ4v) is 4.19. The van der Waals surface area contributed by atoms with Crippen LogP contribution in [0.2, 0.25) is 0 Å². The van der Waals surface area contributed by atoms with E-state index < -0.39 is 0 Å². The van der Waals surface area contributed by atoms with Crippen molar-refractivity contribution in [2.45, 2.75) is 20.3 Å². The summed E-state index contributed by atoms with van der Waals surface area (Å²) in [5.74, 6) is 0.843. The van der Waals surface area contributed by atoms with Gasteiger partial charge in [0.05, 0.1) is 11.2 Å². The Bertz CT molecular complexity index is 1410. The fraction of sp³-hybridized carbons (Fsp3) is 0.167. The Kier molecular flexibility index (Phi) is 5.21. The Morgan fingerprint density at radius 1 is 1.06 bits per heavy atom. The zero-order chi connectivity index (χ0) is 22.9. The minimum atomic E-state index is -0.242. The molecule has 3 aromatic heterocycles. The average Bonchev–Trinajstić information content (AvgIpc) is 3.46. The van der Waals surface area contributed by atoms with Crippen LogP contribution < -0.4 is 10.6 Å². The smallest absolute Gasteiger partial charge is 0.147 e. The Labute approximate surface area is 189 Å². The highest BCUT2D eigenvalue weighted by Gasteiger charge is 2.17. The maximum atomic E-state index is 14.4. The molecule has 0 unspecified atom stereocenters. The van der Waals surface area contributed by atoms with E-state index in [9.17, 15) is 4.39 Å². The van der Waals surface area contributed by atoms with Gasteiger partial charge in [0.25, 0.3) is 0 Å². The molecule has 33 heavy (non-hydrogen) atoms. The number of hydrogen-bond donors (Lipinski definition) is 2. The first kappa shape index (κ1) is 20.6. The van der Waals surface area contributed by atoms with Gasteiger partial charge in [-0.25, -0.2) is 24.0 Å². The highest BCUT2D eigenvalue weighted by molar-refractivity contribution is 5.88. The summed E-state index contributed by atoms with van der Waals surface area (Å²) >= 11 is 0. The van der Waals surface area contributed by atoms with Crippen molar-refractivity contribution in [2.75, 3.05) is 17.2 Å². The van der Waals surface area contributed by atoms with Gasteiger partial charge in [0.1, 0.15) is 36.4 Å². The summed E-state index contributed by atoms with van der Waals surface area (Å²) in [6.45, 7) is 4.60. The lowest BCUT2D eigenvalue weighted by Crippen LogP contribution is -2.22. The minimum Gasteiger partial charge on any atom is -0.384 e. The maximum absolute atomic E-state index is 14.4. The predicted molar refractivity (Wildman–Crippen MR) is 126 cm³/mol.